The molecule has 0 aliphatic heterocycles. The standard InChI is InChI=1S/C23H22BrN3O3/c1-3-21(28)27-18-10-6-16(7-11-18)15(2)26-22(29)20-5-4-14-25-23(20)30-19-12-8-17(24)9-13-19/h4-15H,3H2,1-2H3,(H,26,29)(H,27,28). The summed E-state index contributed by atoms with van der Waals surface area (Å²) < 4.78 is 6.74. The fourth-order valence-electron chi connectivity index (χ4n) is 2.72. The van der Waals surface area contributed by atoms with Crippen LogP contribution in [0.1, 0.15) is 42.2 Å². The van der Waals surface area contributed by atoms with E-state index in [1.54, 1.807) is 37.4 Å². The summed E-state index contributed by atoms with van der Waals surface area (Å²) in [4.78, 5) is 28.6. The van der Waals surface area contributed by atoms with Gasteiger partial charge in [-0.1, -0.05) is 35.0 Å². The Bertz CT molecular complexity index is 1020. The van der Waals surface area contributed by atoms with Crippen LogP contribution in [0, 0.1) is 0 Å². The van der Waals surface area contributed by atoms with Crippen molar-refractivity contribution in [1.29, 1.82) is 0 Å². The Balaban J connectivity index is 1.69. The van der Waals surface area contributed by atoms with Gasteiger partial charge in [0, 0.05) is 22.8 Å². The van der Waals surface area contributed by atoms with Crippen LogP contribution in [0.5, 0.6) is 11.6 Å². The number of benzene rings is 2. The minimum absolute atomic E-state index is 0.0426. The van der Waals surface area contributed by atoms with Crippen LogP contribution in [0.15, 0.2) is 71.3 Å². The molecule has 7 heteroatoms. The van der Waals surface area contributed by atoms with Crippen molar-refractivity contribution >= 4 is 33.4 Å². The van der Waals surface area contributed by atoms with Gasteiger partial charge in [-0.15, -0.1) is 0 Å². The molecule has 30 heavy (non-hydrogen) atoms. The third kappa shape index (κ3) is 5.67. The topological polar surface area (TPSA) is 80.3 Å². The van der Waals surface area contributed by atoms with Crippen LogP contribution in [0.25, 0.3) is 0 Å². The van der Waals surface area contributed by atoms with E-state index in [-0.39, 0.29) is 23.7 Å². The molecule has 0 fully saturated rings. The summed E-state index contributed by atoms with van der Waals surface area (Å²) in [6, 6.07) is 17.8. The van der Waals surface area contributed by atoms with Gasteiger partial charge in [0.2, 0.25) is 11.8 Å². The van der Waals surface area contributed by atoms with Crippen LogP contribution in [0.4, 0.5) is 5.69 Å². The Labute approximate surface area is 183 Å². The average Bonchev–Trinajstić information content (AvgIpc) is 2.76. The van der Waals surface area contributed by atoms with E-state index in [4.69, 9.17) is 4.74 Å². The maximum atomic E-state index is 12.8. The van der Waals surface area contributed by atoms with E-state index in [0.717, 1.165) is 15.7 Å². The Kier molecular flexibility index (Phi) is 7.19. The second-order valence-corrected chi connectivity index (χ2v) is 7.55. The van der Waals surface area contributed by atoms with Gasteiger partial charge >= 0.3 is 0 Å². The van der Waals surface area contributed by atoms with Crippen LogP contribution in [0.2, 0.25) is 0 Å². The maximum absolute atomic E-state index is 12.8. The molecule has 0 radical (unpaired) electrons. The summed E-state index contributed by atoms with van der Waals surface area (Å²) in [6.45, 7) is 3.69. The fraction of sp³-hybridized carbons (Fsp3) is 0.174. The van der Waals surface area contributed by atoms with Gasteiger partial charge in [0.25, 0.3) is 5.91 Å². The number of ether oxygens (including phenoxy) is 1. The number of nitrogens with zero attached hydrogens (tertiary/aromatic N) is 1. The second-order valence-electron chi connectivity index (χ2n) is 6.63. The number of nitrogens with one attached hydrogen (secondary N) is 2. The van der Waals surface area contributed by atoms with E-state index in [0.29, 0.717) is 17.7 Å². The summed E-state index contributed by atoms with van der Waals surface area (Å²) in [5, 5.41) is 5.77. The second kappa shape index (κ2) is 10.0. The minimum atomic E-state index is -0.286. The summed E-state index contributed by atoms with van der Waals surface area (Å²) in [7, 11) is 0. The molecule has 2 aromatic carbocycles. The number of pyridine rings is 1. The summed E-state index contributed by atoms with van der Waals surface area (Å²) in [6.07, 6.45) is 2.00. The minimum Gasteiger partial charge on any atom is -0.438 e. The lowest BCUT2D eigenvalue weighted by Gasteiger charge is -2.16. The number of carbonyl (C=O) groups excluding carboxylic acids is 2. The molecule has 1 atom stereocenters. The van der Waals surface area contributed by atoms with Crippen LogP contribution in [-0.2, 0) is 4.79 Å². The third-order valence-electron chi connectivity index (χ3n) is 4.41. The SMILES string of the molecule is CCC(=O)Nc1ccc(C(C)NC(=O)c2cccnc2Oc2ccc(Br)cc2)cc1. The summed E-state index contributed by atoms with van der Waals surface area (Å²) in [5.41, 5.74) is 1.98. The van der Waals surface area contributed by atoms with Crippen LogP contribution < -0.4 is 15.4 Å². The first kappa shape index (κ1) is 21.5. The first-order valence-electron chi connectivity index (χ1n) is 9.55. The Morgan fingerprint density at radius 2 is 1.77 bits per heavy atom. The molecular weight excluding hydrogens is 446 g/mol. The van der Waals surface area contributed by atoms with E-state index >= 15 is 0 Å². The molecule has 1 aromatic heterocycles. The zero-order chi connectivity index (χ0) is 21.5. The van der Waals surface area contributed by atoms with Crippen molar-refractivity contribution in [3.8, 4) is 11.6 Å². The predicted octanol–water partition coefficient (Wildman–Crippen LogP) is 5.48. The monoisotopic (exact) mass is 467 g/mol. The molecule has 1 unspecified atom stereocenters. The normalized spacial score (nSPS) is 11.4. The number of amides is 2. The Morgan fingerprint density at radius 1 is 1.07 bits per heavy atom. The number of anilines is 1. The first-order valence-corrected chi connectivity index (χ1v) is 10.3. The van der Waals surface area contributed by atoms with E-state index in [1.807, 2.05) is 43.3 Å². The lowest BCUT2D eigenvalue weighted by Crippen LogP contribution is -2.27. The van der Waals surface area contributed by atoms with Crippen molar-refractivity contribution in [3.05, 3.63) is 82.5 Å². The van der Waals surface area contributed by atoms with E-state index in [2.05, 4.69) is 31.5 Å². The lowest BCUT2D eigenvalue weighted by molar-refractivity contribution is -0.115. The molecule has 0 aliphatic rings. The van der Waals surface area contributed by atoms with Gasteiger partial charge < -0.3 is 15.4 Å². The van der Waals surface area contributed by atoms with Crippen LogP contribution in [-0.4, -0.2) is 16.8 Å². The molecule has 0 spiro atoms. The summed E-state index contributed by atoms with van der Waals surface area (Å²) >= 11 is 3.38. The molecule has 0 saturated heterocycles. The molecule has 3 rings (SSSR count). The van der Waals surface area contributed by atoms with Gasteiger partial charge in [-0.25, -0.2) is 4.98 Å². The van der Waals surface area contributed by atoms with Crippen molar-refractivity contribution < 1.29 is 14.3 Å². The largest absolute Gasteiger partial charge is 0.438 e. The number of aromatic nitrogens is 1. The smallest absolute Gasteiger partial charge is 0.257 e. The van der Waals surface area contributed by atoms with Gasteiger partial charge in [-0.2, -0.15) is 0 Å². The average molecular weight is 468 g/mol. The molecule has 0 bridgehead atoms. The zero-order valence-electron chi connectivity index (χ0n) is 16.7. The molecule has 1 heterocycles. The van der Waals surface area contributed by atoms with Gasteiger partial charge in [-0.05, 0) is 61.0 Å². The van der Waals surface area contributed by atoms with Crippen molar-refractivity contribution in [2.45, 2.75) is 26.3 Å². The van der Waals surface area contributed by atoms with E-state index < -0.39 is 0 Å². The van der Waals surface area contributed by atoms with Gasteiger partial charge in [0.05, 0.1) is 6.04 Å². The molecule has 0 saturated carbocycles. The number of rotatable bonds is 7. The van der Waals surface area contributed by atoms with Crippen molar-refractivity contribution in [2.24, 2.45) is 0 Å². The molecule has 2 N–H and O–H groups in total. The molecule has 2 amide bonds. The summed E-state index contributed by atoms with van der Waals surface area (Å²) in [5.74, 6) is 0.496. The van der Waals surface area contributed by atoms with Crippen molar-refractivity contribution in [2.75, 3.05) is 5.32 Å². The maximum Gasteiger partial charge on any atom is 0.257 e. The molecular formula is C23H22BrN3O3. The van der Waals surface area contributed by atoms with Gasteiger partial charge in [-0.3, -0.25) is 9.59 Å². The highest BCUT2D eigenvalue weighted by Gasteiger charge is 2.17. The fourth-order valence-corrected chi connectivity index (χ4v) is 2.99. The molecule has 3 aromatic rings. The van der Waals surface area contributed by atoms with Crippen LogP contribution in [0.3, 0.4) is 0 Å². The van der Waals surface area contributed by atoms with Crippen molar-refractivity contribution in [1.82, 2.24) is 10.3 Å². The highest BCUT2D eigenvalue weighted by molar-refractivity contribution is 9.10. The third-order valence-corrected chi connectivity index (χ3v) is 4.94. The first-order chi connectivity index (χ1) is 14.5. The number of halogens is 1. The number of hydrogen-bond donors (Lipinski definition) is 2. The quantitative estimate of drug-likeness (QED) is 0.482. The Hall–Kier alpha value is -3.19. The van der Waals surface area contributed by atoms with Gasteiger partial charge in [0.15, 0.2) is 0 Å². The predicted molar refractivity (Wildman–Crippen MR) is 120 cm³/mol. The van der Waals surface area contributed by atoms with E-state index in [1.165, 1.54) is 0 Å². The molecule has 154 valence electrons. The highest BCUT2D eigenvalue weighted by Crippen LogP contribution is 2.25. The zero-order valence-corrected chi connectivity index (χ0v) is 18.3. The van der Waals surface area contributed by atoms with Crippen LogP contribution >= 0.6 is 15.9 Å². The highest BCUT2D eigenvalue weighted by atomic mass is 79.9. The number of carbonyl (C=O) groups is 2. The van der Waals surface area contributed by atoms with E-state index in [9.17, 15) is 9.59 Å². The Morgan fingerprint density at radius 3 is 2.43 bits per heavy atom. The lowest BCUT2D eigenvalue weighted by atomic mass is 10.1. The molecule has 0 aliphatic carbocycles. The van der Waals surface area contributed by atoms with Crippen molar-refractivity contribution in [3.63, 3.8) is 0 Å². The van der Waals surface area contributed by atoms with Gasteiger partial charge in [0.1, 0.15) is 11.3 Å². The molecule has 6 nitrogen and oxygen atoms in total. The number of hydrogen-bond acceptors (Lipinski definition) is 4.